The van der Waals surface area contributed by atoms with E-state index in [0.29, 0.717) is 5.56 Å². The van der Waals surface area contributed by atoms with Gasteiger partial charge in [0.1, 0.15) is 13.2 Å². The molecule has 1 aromatic rings. The molecule has 1 aromatic carbocycles. The highest BCUT2D eigenvalue weighted by Gasteiger charge is 2.51. The van der Waals surface area contributed by atoms with Gasteiger partial charge in [-0.2, -0.15) is 0 Å². The quantitative estimate of drug-likeness (QED) is 0.621. The van der Waals surface area contributed by atoms with Crippen LogP contribution < -0.4 is 0 Å². The molecule has 8 nitrogen and oxygen atoms in total. The fourth-order valence-corrected chi connectivity index (χ4v) is 2.16. The van der Waals surface area contributed by atoms with Crippen LogP contribution in [0.15, 0.2) is 24.3 Å². The van der Waals surface area contributed by atoms with Gasteiger partial charge in [-0.3, -0.25) is 20.2 Å². The van der Waals surface area contributed by atoms with E-state index in [1.165, 1.54) is 18.2 Å². The number of nitrogens with zero attached hydrogens (tertiary/aromatic N) is 2. The molecular weight excluding hydrogens is 280 g/mol. The molecule has 0 N–H and O–H groups in total. The summed E-state index contributed by atoms with van der Waals surface area (Å²) in [4.78, 5) is 21.4. The normalized spacial score (nSPS) is 19.9. The van der Waals surface area contributed by atoms with E-state index in [4.69, 9.17) is 9.47 Å². The van der Waals surface area contributed by atoms with Crippen LogP contribution in [0.2, 0.25) is 0 Å². The van der Waals surface area contributed by atoms with Gasteiger partial charge in [-0.05, 0) is 13.8 Å². The third-order valence-corrected chi connectivity index (χ3v) is 3.47. The molecule has 1 fully saturated rings. The van der Waals surface area contributed by atoms with E-state index in [0.717, 1.165) is 0 Å². The van der Waals surface area contributed by atoms with E-state index >= 15 is 0 Å². The zero-order valence-corrected chi connectivity index (χ0v) is 11.8. The van der Waals surface area contributed by atoms with Crippen molar-refractivity contribution in [3.05, 3.63) is 50.1 Å². The predicted octanol–water partition coefficient (Wildman–Crippen LogP) is 1.94. The Bertz CT molecular complexity index is 562. The summed E-state index contributed by atoms with van der Waals surface area (Å²) in [6.07, 6.45) is -0.118. The molecule has 0 spiro atoms. The highest BCUT2D eigenvalue weighted by Crippen LogP contribution is 2.31. The lowest BCUT2D eigenvalue weighted by Crippen LogP contribution is -2.57. The molecule has 0 unspecified atom stereocenters. The van der Waals surface area contributed by atoms with Crippen LogP contribution in [0.4, 0.5) is 5.69 Å². The fourth-order valence-electron chi connectivity index (χ4n) is 2.16. The maximum Gasteiger partial charge on any atom is 0.272 e. The topological polar surface area (TPSA) is 105 Å². The van der Waals surface area contributed by atoms with Crippen LogP contribution >= 0.6 is 0 Å². The SMILES string of the molecule is CC1(C)OCC(Cc2ccccc2[N+](=O)[O-])([N+](=O)[O-])CO1. The monoisotopic (exact) mass is 296 g/mol. The van der Waals surface area contributed by atoms with Gasteiger partial charge in [0.05, 0.1) is 11.3 Å². The minimum atomic E-state index is -1.51. The molecule has 0 aliphatic carbocycles. The molecule has 0 radical (unpaired) electrons. The van der Waals surface area contributed by atoms with Gasteiger partial charge >= 0.3 is 0 Å². The fraction of sp³-hybridized carbons (Fsp3) is 0.538. The molecule has 1 saturated heterocycles. The lowest BCUT2D eigenvalue weighted by molar-refractivity contribution is -0.595. The first kappa shape index (κ1) is 15.3. The van der Waals surface area contributed by atoms with Crippen molar-refractivity contribution in [3.8, 4) is 0 Å². The maximum absolute atomic E-state index is 11.4. The van der Waals surface area contributed by atoms with E-state index in [2.05, 4.69) is 0 Å². The number of para-hydroxylation sites is 1. The average molecular weight is 296 g/mol. The van der Waals surface area contributed by atoms with E-state index in [-0.39, 0.29) is 25.3 Å². The zero-order valence-electron chi connectivity index (χ0n) is 11.8. The molecule has 21 heavy (non-hydrogen) atoms. The molecule has 0 atom stereocenters. The summed E-state index contributed by atoms with van der Waals surface area (Å²) in [6, 6.07) is 5.99. The summed E-state index contributed by atoms with van der Waals surface area (Å²) < 4.78 is 10.8. The van der Waals surface area contributed by atoms with Gasteiger partial charge in [0.2, 0.25) is 0 Å². The zero-order chi connectivity index (χ0) is 15.7. The van der Waals surface area contributed by atoms with Crippen LogP contribution in [0.1, 0.15) is 19.4 Å². The Morgan fingerprint density at radius 2 is 1.71 bits per heavy atom. The summed E-state index contributed by atoms with van der Waals surface area (Å²) in [6.45, 7) is 3.03. The van der Waals surface area contributed by atoms with Crippen molar-refractivity contribution >= 4 is 5.69 Å². The number of benzene rings is 1. The molecule has 0 bridgehead atoms. The molecule has 1 aliphatic rings. The van der Waals surface area contributed by atoms with Crippen molar-refractivity contribution in [2.24, 2.45) is 0 Å². The highest BCUT2D eigenvalue weighted by molar-refractivity contribution is 5.40. The summed E-state index contributed by atoms with van der Waals surface area (Å²) in [5.41, 5.74) is -1.35. The van der Waals surface area contributed by atoms with Crippen molar-refractivity contribution in [1.29, 1.82) is 0 Å². The summed E-state index contributed by atoms with van der Waals surface area (Å²) in [7, 11) is 0. The first-order valence-electron chi connectivity index (χ1n) is 6.40. The van der Waals surface area contributed by atoms with Crippen molar-refractivity contribution in [2.75, 3.05) is 13.2 Å². The Balaban J connectivity index is 2.30. The second-order valence-electron chi connectivity index (χ2n) is 5.52. The van der Waals surface area contributed by atoms with Gasteiger partial charge in [-0.15, -0.1) is 0 Å². The number of nitro groups is 2. The van der Waals surface area contributed by atoms with Crippen molar-refractivity contribution in [1.82, 2.24) is 0 Å². The molecule has 0 aromatic heterocycles. The van der Waals surface area contributed by atoms with E-state index in [9.17, 15) is 20.2 Å². The van der Waals surface area contributed by atoms with Crippen LogP contribution in [0.5, 0.6) is 0 Å². The molecule has 1 heterocycles. The van der Waals surface area contributed by atoms with Crippen molar-refractivity contribution < 1.29 is 19.3 Å². The third-order valence-electron chi connectivity index (χ3n) is 3.47. The van der Waals surface area contributed by atoms with Gasteiger partial charge < -0.3 is 9.47 Å². The van der Waals surface area contributed by atoms with E-state index in [1.54, 1.807) is 19.9 Å². The molecular formula is C13H16N2O6. The Hall–Kier alpha value is -2.06. The minimum Gasteiger partial charge on any atom is -0.343 e. The average Bonchev–Trinajstić information content (AvgIpc) is 2.41. The van der Waals surface area contributed by atoms with Gasteiger partial charge in [-0.25, -0.2) is 0 Å². The molecule has 0 amide bonds. The second-order valence-corrected chi connectivity index (χ2v) is 5.52. The molecule has 114 valence electrons. The smallest absolute Gasteiger partial charge is 0.272 e. The summed E-state index contributed by atoms with van der Waals surface area (Å²) >= 11 is 0. The number of ether oxygens (including phenoxy) is 2. The number of rotatable bonds is 4. The lowest BCUT2D eigenvalue weighted by Gasteiger charge is -2.37. The van der Waals surface area contributed by atoms with Crippen LogP contribution in [0.25, 0.3) is 0 Å². The van der Waals surface area contributed by atoms with Gasteiger partial charge in [-0.1, -0.05) is 18.2 Å². The Kier molecular flexibility index (Phi) is 3.93. The van der Waals surface area contributed by atoms with Crippen molar-refractivity contribution in [2.45, 2.75) is 31.6 Å². The van der Waals surface area contributed by atoms with Crippen molar-refractivity contribution in [3.63, 3.8) is 0 Å². The summed E-state index contributed by atoms with van der Waals surface area (Å²) in [5, 5.41) is 22.5. The first-order valence-corrected chi connectivity index (χ1v) is 6.40. The Morgan fingerprint density at radius 1 is 1.14 bits per heavy atom. The first-order chi connectivity index (χ1) is 9.76. The van der Waals surface area contributed by atoms with Gasteiger partial charge in [0.15, 0.2) is 5.79 Å². The molecule has 8 heteroatoms. The number of hydrogen-bond acceptors (Lipinski definition) is 6. The van der Waals surface area contributed by atoms with E-state index < -0.39 is 21.2 Å². The number of nitro benzene ring substituents is 1. The van der Waals surface area contributed by atoms with E-state index in [1.807, 2.05) is 0 Å². The third kappa shape index (κ3) is 3.17. The lowest BCUT2D eigenvalue weighted by atomic mass is 9.91. The Morgan fingerprint density at radius 3 is 2.24 bits per heavy atom. The molecule has 2 rings (SSSR count). The second kappa shape index (κ2) is 5.38. The minimum absolute atomic E-state index is 0.118. The van der Waals surface area contributed by atoms with Crippen LogP contribution in [-0.2, 0) is 15.9 Å². The predicted molar refractivity (Wildman–Crippen MR) is 72.5 cm³/mol. The van der Waals surface area contributed by atoms with Gasteiger partial charge in [0.25, 0.3) is 11.2 Å². The molecule has 1 aliphatic heterocycles. The van der Waals surface area contributed by atoms with Gasteiger partial charge in [0, 0.05) is 16.6 Å². The van der Waals surface area contributed by atoms with Crippen LogP contribution in [0.3, 0.4) is 0 Å². The maximum atomic E-state index is 11.4. The Labute approximate surface area is 121 Å². The summed E-state index contributed by atoms with van der Waals surface area (Å²) in [5.74, 6) is -0.887. The van der Waals surface area contributed by atoms with Crippen LogP contribution in [-0.4, -0.2) is 34.4 Å². The number of hydrogen-bond donors (Lipinski definition) is 0. The largest absolute Gasteiger partial charge is 0.343 e. The van der Waals surface area contributed by atoms with Crippen LogP contribution in [0, 0.1) is 20.2 Å². The standard InChI is InChI=1S/C13H16N2O6/c1-12(2)20-8-13(9-21-12,15(18)19)7-10-5-3-4-6-11(10)14(16)17/h3-6H,7-9H2,1-2H3. The molecule has 0 saturated carbocycles. The highest BCUT2D eigenvalue weighted by atomic mass is 16.7.